The van der Waals surface area contributed by atoms with Gasteiger partial charge in [0, 0.05) is 12.1 Å². The molecule has 0 aliphatic carbocycles. The maximum absolute atomic E-state index is 12.9. The first-order valence-corrected chi connectivity index (χ1v) is 11.8. The van der Waals surface area contributed by atoms with E-state index in [-0.39, 0.29) is 23.4 Å². The zero-order chi connectivity index (χ0) is 24.2. The SMILES string of the molecule is COc1cc(/C=C2\SC(=O)N(c3ccccc3)C2=O)cc(I)c1OCc1cccc([N+](=O)[O-])c1. The van der Waals surface area contributed by atoms with Gasteiger partial charge in [-0.15, -0.1) is 0 Å². The molecule has 1 aliphatic rings. The number of nitrogens with zero attached hydrogens (tertiary/aromatic N) is 2. The number of halogens is 1. The van der Waals surface area contributed by atoms with Crippen molar-refractivity contribution in [1.82, 2.24) is 0 Å². The van der Waals surface area contributed by atoms with Crippen LogP contribution in [0.25, 0.3) is 6.08 Å². The molecule has 0 bridgehead atoms. The van der Waals surface area contributed by atoms with Crippen molar-refractivity contribution in [3.8, 4) is 11.5 Å². The van der Waals surface area contributed by atoms with E-state index in [0.29, 0.717) is 33.2 Å². The van der Waals surface area contributed by atoms with E-state index in [4.69, 9.17) is 9.47 Å². The minimum absolute atomic E-state index is 0.0115. The fraction of sp³-hybridized carbons (Fsp3) is 0.0833. The molecule has 3 aromatic carbocycles. The molecule has 8 nitrogen and oxygen atoms in total. The summed E-state index contributed by atoms with van der Waals surface area (Å²) in [5, 5.41) is 10.6. The Labute approximate surface area is 212 Å². The van der Waals surface area contributed by atoms with Crippen molar-refractivity contribution in [2.45, 2.75) is 6.61 Å². The molecular weight excluding hydrogens is 571 g/mol. The van der Waals surface area contributed by atoms with Gasteiger partial charge in [0.25, 0.3) is 16.8 Å². The van der Waals surface area contributed by atoms with Crippen molar-refractivity contribution in [2.24, 2.45) is 0 Å². The van der Waals surface area contributed by atoms with Crippen molar-refractivity contribution >= 4 is 62.9 Å². The average Bonchev–Trinajstić information content (AvgIpc) is 3.11. The summed E-state index contributed by atoms with van der Waals surface area (Å²) in [4.78, 5) is 37.3. The van der Waals surface area contributed by atoms with Crippen molar-refractivity contribution in [3.63, 3.8) is 0 Å². The van der Waals surface area contributed by atoms with E-state index < -0.39 is 4.92 Å². The fourth-order valence-electron chi connectivity index (χ4n) is 3.30. The summed E-state index contributed by atoms with van der Waals surface area (Å²) < 4.78 is 12.1. The van der Waals surface area contributed by atoms with E-state index in [9.17, 15) is 19.7 Å². The van der Waals surface area contributed by atoms with Crippen LogP contribution < -0.4 is 14.4 Å². The zero-order valence-corrected chi connectivity index (χ0v) is 20.7. The second-order valence-corrected chi connectivity index (χ2v) is 9.26. The average molecular weight is 588 g/mol. The predicted octanol–water partition coefficient (Wildman–Crippen LogP) is 6.03. The number of para-hydroxylation sites is 1. The van der Waals surface area contributed by atoms with Crippen molar-refractivity contribution in [1.29, 1.82) is 0 Å². The lowest BCUT2D eigenvalue weighted by Gasteiger charge is -2.14. The molecule has 0 atom stereocenters. The van der Waals surface area contributed by atoms with Gasteiger partial charge in [0.1, 0.15) is 6.61 Å². The smallest absolute Gasteiger partial charge is 0.298 e. The summed E-state index contributed by atoms with van der Waals surface area (Å²) in [7, 11) is 1.50. The number of imide groups is 1. The van der Waals surface area contributed by atoms with Crippen LogP contribution in [0, 0.1) is 13.7 Å². The second kappa shape index (κ2) is 10.3. The molecule has 2 amide bonds. The largest absolute Gasteiger partial charge is 0.493 e. The highest BCUT2D eigenvalue weighted by Gasteiger charge is 2.36. The molecule has 0 N–H and O–H groups in total. The fourth-order valence-corrected chi connectivity index (χ4v) is 4.92. The maximum Gasteiger partial charge on any atom is 0.298 e. The first-order valence-electron chi connectivity index (χ1n) is 9.94. The molecule has 34 heavy (non-hydrogen) atoms. The number of rotatable bonds is 7. The van der Waals surface area contributed by atoms with Gasteiger partial charge in [-0.3, -0.25) is 19.7 Å². The molecule has 0 saturated carbocycles. The van der Waals surface area contributed by atoms with Gasteiger partial charge in [-0.1, -0.05) is 30.3 Å². The molecule has 172 valence electrons. The van der Waals surface area contributed by atoms with E-state index in [2.05, 4.69) is 22.6 Å². The molecule has 4 rings (SSSR count). The van der Waals surface area contributed by atoms with E-state index >= 15 is 0 Å². The minimum atomic E-state index is -0.456. The number of benzene rings is 3. The Morgan fingerprint density at radius 1 is 1.09 bits per heavy atom. The number of thioether (sulfide) groups is 1. The van der Waals surface area contributed by atoms with E-state index in [1.54, 1.807) is 48.5 Å². The van der Waals surface area contributed by atoms with Crippen LogP contribution in [0.5, 0.6) is 11.5 Å². The third-order valence-corrected chi connectivity index (χ3v) is 6.53. The Morgan fingerprint density at radius 2 is 1.85 bits per heavy atom. The summed E-state index contributed by atoms with van der Waals surface area (Å²) in [6, 6.07) is 18.5. The van der Waals surface area contributed by atoms with Gasteiger partial charge in [-0.2, -0.15) is 0 Å². The molecule has 1 saturated heterocycles. The highest BCUT2D eigenvalue weighted by Crippen LogP contribution is 2.39. The topological polar surface area (TPSA) is 99.0 Å². The van der Waals surface area contributed by atoms with Crippen LogP contribution in [0.2, 0.25) is 0 Å². The lowest BCUT2D eigenvalue weighted by Crippen LogP contribution is -2.27. The molecule has 0 spiro atoms. The Balaban J connectivity index is 1.57. The minimum Gasteiger partial charge on any atom is -0.493 e. The number of anilines is 1. The number of ether oxygens (including phenoxy) is 2. The van der Waals surface area contributed by atoms with Crippen LogP contribution in [0.15, 0.2) is 71.6 Å². The summed E-state index contributed by atoms with van der Waals surface area (Å²) in [5.41, 5.74) is 1.82. The Hall–Kier alpha value is -3.38. The maximum atomic E-state index is 12.9. The predicted molar refractivity (Wildman–Crippen MR) is 138 cm³/mol. The van der Waals surface area contributed by atoms with Crippen molar-refractivity contribution in [3.05, 3.63) is 96.4 Å². The molecule has 1 fully saturated rings. The first-order chi connectivity index (χ1) is 16.4. The van der Waals surface area contributed by atoms with Crippen LogP contribution in [0.3, 0.4) is 0 Å². The number of amides is 2. The van der Waals surface area contributed by atoms with Crippen LogP contribution in [-0.2, 0) is 11.4 Å². The Bertz CT molecular complexity index is 1310. The van der Waals surface area contributed by atoms with E-state index in [1.165, 1.54) is 19.2 Å². The van der Waals surface area contributed by atoms with E-state index in [1.807, 2.05) is 12.1 Å². The van der Waals surface area contributed by atoms with Gasteiger partial charge < -0.3 is 9.47 Å². The molecule has 1 aliphatic heterocycles. The van der Waals surface area contributed by atoms with Crippen LogP contribution >= 0.6 is 34.4 Å². The number of non-ortho nitro benzene ring substituents is 1. The summed E-state index contributed by atoms with van der Waals surface area (Å²) in [6.45, 7) is 0.114. The van der Waals surface area contributed by atoms with Gasteiger partial charge in [0.05, 0.1) is 26.2 Å². The number of carbonyl (C=O) groups excluding carboxylic acids is 2. The summed E-state index contributed by atoms with van der Waals surface area (Å²) in [6.07, 6.45) is 1.64. The van der Waals surface area contributed by atoms with Crippen molar-refractivity contribution < 1.29 is 24.0 Å². The van der Waals surface area contributed by atoms with Gasteiger partial charge >= 0.3 is 0 Å². The quantitative estimate of drug-likeness (QED) is 0.144. The molecule has 0 aromatic heterocycles. The van der Waals surface area contributed by atoms with Gasteiger partial charge in [-0.05, 0) is 75.8 Å². The number of nitro benzene ring substituents is 1. The number of hydrogen-bond donors (Lipinski definition) is 0. The van der Waals surface area contributed by atoms with Crippen LogP contribution in [0.4, 0.5) is 16.2 Å². The molecule has 0 unspecified atom stereocenters. The molecular formula is C24H17IN2O6S. The molecule has 3 aromatic rings. The lowest BCUT2D eigenvalue weighted by atomic mass is 10.1. The standard InChI is InChI=1S/C24H17IN2O6S/c1-32-20-12-16(13-21-23(28)26(24(29)34-21)17-7-3-2-4-8-17)11-19(25)22(20)33-14-15-6-5-9-18(10-15)27(30)31/h2-13H,14H2,1H3/b21-13-. The number of hydrogen-bond acceptors (Lipinski definition) is 7. The van der Waals surface area contributed by atoms with Crippen molar-refractivity contribution in [2.75, 3.05) is 12.0 Å². The molecule has 0 radical (unpaired) electrons. The number of methoxy groups -OCH3 is 1. The third kappa shape index (κ3) is 5.07. The lowest BCUT2D eigenvalue weighted by molar-refractivity contribution is -0.384. The monoisotopic (exact) mass is 588 g/mol. The van der Waals surface area contributed by atoms with E-state index in [0.717, 1.165) is 20.2 Å². The highest BCUT2D eigenvalue weighted by atomic mass is 127. The summed E-state index contributed by atoms with van der Waals surface area (Å²) in [5.74, 6) is 0.524. The Morgan fingerprint density at radius 3 is 2.56 bits per heavy atom. The summed E-state index contributed by atoms with van der Waals surface area (Å²) >= 11 is 2.97. The van der Waals surface area contributed by atoms with Gasteiger partial charge in [0.2, 0.25) is 0 Å². The second-order valence-electron chi connectivity index (χ2n) is 7.10. The normalized spacial score (nSPS) is 14.5. The third-order valence-electron chi connectivity index (χ3n) is 4.86. The number of nitro groups is 1. The first kappa shape index (κ1) is 23.8. The molecule has 1 heterocycles. The highest BCUT2D eigenvalue weighted by molar-refractivity contribution is 14.1. The number of carbonyl (C=O) groups is 2. The van der Waals surface area contributed by atoms with Crippen LogP contribution in [0.1, 0.15) is 11.1 Å². The van der Waals surface area contributed by atoms with Crippen LogP contribution in [-0.4, -0.2) is 23.2 Å². The van der Waals surface area contributed by atoms with Gasteiger partial charge in [0.15, 0.2) is 11.5 Å². The molecule has 10 heteroatoms. The Kier molecular flexibility index (Phi) is 7.17. The zero-order valence-electron chi connectivity index (χ0n) is 17.8. The van der Waals surface area contributed by atoms with Gasteiger partial charge in [-0.25, -0.2) is 4.90 Å².